The van der Waals surface area contributed by atoms with Gasteiger partial charge < -0.3 is 19.7 Å². The highest BCUT2D eigenvalue weighted by Crippen LogP contribution is 2.47. The molecule has 6 unspecified atom stereocenters. The van der Waals surface area contributed by atoms with Gasteiger partial charge in [-0.25, -0.2) is 0 Å². The summed E-state index contributed by atoms with van der Waals surface area (Å²) in [4.78, 5) is 6.94. The second-order valence-electron chi connectivity index (χ2n) is 8.17. The van der Waals surface area contributed by atoms with Crippen molar-refractivity contribution in [3.8, 4) is 0 Å². The van der Waals surface area contributed by atoms with Crippen molar-refractivity contribution in [2.24, 2.45) is 22.7 Å². The lowest BCUT2D eigenvalue weighted by Gasteiger charge is -2.29. The molecule has 0 spiro atoms. The summed E-state index contributed by atoms with van der Waals surface area (Å²) in [5, 5.41) is 3.52. The molecular weight excluding hydrogens is 302 g/mol. The van der Waals surface area contributed by atoms with Crippen molar-refractivity contribution in [3.63, 3.8) is 0 Å². The molecule has 3 aliphatic heterocycles. The number of nitrogens with zero attached hydrogens (tertiary/aromatic N) is 2. The van der Waals surface area contributed by atoms with Gasteiger partial charge in [-0.05, 0) is 31.6 Å². The highest BCUT2D eigenvalue weighted by atomic mass is 16.5. The third-order valence-electron chi connectivity index (χ3n) is 6.71. The number of aliphatic imine (C=N–C) groups is 1. The maximum absolute atomic E-state index is 6.12. The molecule has 5 nitrogen and oxygen atoms in total. The molecule has 0 radical (unpaired) electrons. The lowest BCUT2D eigenvalue weighted by Crippen LogP contribution is -2.43. The van der Waals surface area contributed by atoms with Crippen LogP contribution in [0.1, 0.15) is 45.4 Å². The zero-order valence-electron chi connectivity index (χ0n) is 15.2. The molecule has 4 rings (SSSR count). The molecule has 24 heavy (non-hydrogen) atoms. The van der Waals surface area contributed by atoms with Gasteiger partial charge in [-0.3, -0.25) is 4.99 Å². The molecule has 1 N–H and O–H groups in total. The Kier molecular flexibility index (Phi) is 5.00. The van der Waals surface area contributed by atoms with Crippen LogP contribution in [0.4, 0.5) is 0 Å². The van der Waals surface area contributed by atoms with Crippen LogP contribution in [0.15, 0.2) is 4.99 Å². The van der Waals surface area contributed by atoms with Crippen LogP contribution in [0.3, 0.4) is 0 Å². The lowest BCUT2D eigenvalue weighted by atomic mass is 9.82. The largest absolute Gasteiger partial charge is 0.376 e. The van der Waals surface area contributed by atoms with E-state index in [9.17, 15) is 0 Å². The zero-order valence-corrected chi connectivity index (χ0v) is 15.2. The predicted octanol–water partition coefficient (Wildman–Crippen LogP) is 2.27. The van der Waals surface area contributed by atoms with Crippen molar-refractivity contribution in [1.29, 1.82) is 0 Å². The topological polar surface area (TPSA) is 46.1 Å². The van der Waals surface area contributed by atoms with Crippen molar-refractivity contribution in [1.82, 2.24) is 10.2 Å². The van der Waals surface area contributed by atoms with Crippen LogP contribution in [0.5, 0.6) is 0 Å². The quantitative estimate of drug-likeness (QED) is 0.486. The molecule has 0 aromatic rings. The van der Waals surface area contributed by atoms with Crippen LogP contribution in [0, 0.1) is 17.8 Å². The molecule has 4 fully saturated rings. The zero-order chi connectivity index (χ0) is 16.5. The summed E-state index contributed by atoms with van der Waals surface area (Å²) in [5.41, 5.74) is 0. The Balaban J connectivity index is 1.21. The van der Waals surface area contributed by atoms with Crippen LogP contribution in [0.25, 0.3) is 0 Å². The van der Waals surface area contributed by atoms with Gasteiger partial charge in [0.05, 0.1) is 24.9 Å². The van der Waals surface area contributed by atoms with E-state index < -0.39 is 0 Å². The number of rotatable bonds is 4. The number of ether oxygens (including phenoxy) is 2. The number of likely N-dealkylation sites (tertiary alicyclic amines) is 1. The van der Waals surface area contributed by atoms with Crippen molar-refractivity contribution in [2.75, 3.05) is 33.3 Å². The molecule has 4 aliphatic rings. The van der Waals surface area contributed by atoms with Crippen LogP contribution in [-0.2, 0) is 9.47 Å². The Morgan fingerprint density at radius 3 is 2.50 bits per heavy atom. The van der Waals surface area contributed by atoms with E-state index >= 15 is 0 Å². The second kappa shape index (κ2) is 7.20. The summed E-state index contributed by atoms with van der Waals surface area (Å²) in [6, 6.07) is 0. The van der Waals surface area contributed by atoms with Crippen LogP contribution in [0.2, 0.25) is 0 Å². The van der Waals surface area contributed by atoms with Crippen molar-refractivity contribution < 1.29 is 9.47 Å². The highest BCUT2D eigenvalue weighted by molar-refractivity contribution is 5.80. The minimum absolute atomic E-state index is 0.460. The first-order valence-corrected chi connectivity index (χ1v) is 9.99. The number of fused-ring (bicyclic) bond motifs is 5. The average Bonchev–Trinajstić information content (AvgIpc) is 3.29. The first kappa shape index (κ1) is 16.6. The molecule has 1 saturated carbocycles. The number of hydrogen-bond donors (Lipinski definition) is 1. The molecule has 3 saturated heterocycles. The van der Waals surface area contributed by atoms with E-state index in [1.54, 1.807) is 0 Å². The number of hydrogen-bond acceptors (Lipinski definition) is 3. The van der Waals surface area contributed by atoms with Crippen molar-refractivity contribution in [3.05, 3.63) is 0 Å². The standard InChI is InChI=1S/C19H33N3O2/c1-13-5-3-4-6-16(13)23-10-9-21-19(20-2)22-11-14-15(12-22)18-8-7-17(14)24-18/h13-18H,3-12H2,1-2H3,(H,20,21). The summed E-state index contributed by atoms with van der Waals surface area (Å²) < 4.78 is 12.2. The molecule has 6 atom stereocenters. The third-order valence-corrected chi connectivity index (χ3v) is 6.71. The minimum atomic E-state index is 0.460. The van der Waals surface area contributed by atoms with E-state index in [4.69, 9.17) is 9.47 Å². The Morgan fingerprint density at radius 2 is 1.83 bits per heavy atom. The lowest BCUT2D eigenvalue weighted by molar-refractivity contribution is -0.00218. The molecule has 0 aromatic heterocycles. The fourth-order valence-corrected chi connectivity index (χ4v) is 5.37. The molecule has 1 aliphatic carbocycles. The fraction of sp³-hybridized carbons (Fsp3) is 0.947. The molecule has 0 amide bonds. The highest BCUT2D eigenvalue weighted by Gasteiger charge is 2.53. The third kappa shape index (κ3) is 3.17. The van der Waals surface area contributed by atoms with Crippen LogP contribution < -0.4 is 5.32 Å². The Hall–Kier alpha value is -0.810. The molecule has 3 heterocycles. The summed E-state index contributed by atoms with van der Waals surface area (Å²) in [5.74, 6) is 3.21. The maximum Gasteiger partial charge on any atom is 0.193 e. The monoisotopic (exact) mass is 335 g/mol. The first-order chi connectivity index (χ1) is 11.8. The van der Waals surface area contributed by atoms with Gasteiger partial charge in [0.2, 0.25) is 0 Å². The molecule has 0 aromatic carbocycles. The van der Waals surface area contributed by atoms with Gasteiger partial charge in [0.25, 0.3) is 0 Å². The van der Waals surface area contributed by atoms with E-state index in [0.29, 0.717) is 24.2 Å². The minimum Gasteiger partial charge on any atom is -0.376 e. The van der Waals surface area contributed by atoms with E-state index in [1.807, 2.05) is 7.05 Å². The summed E-state index contributed by atoms with van der Waals surface area (Å²) >= 11 is 0. The first-order valence-electron chi connectivity index (χ1n) is 9.99. The number of guanidine groups is 1. The molecule has 2 bridgehead atoms. The van der Waals surface area contributed by atoms with Gasteiger partial charge in [0.1, 0.15) is 0 Å². The predicted molar refractivity (Wildman–Crippen MR) is 95.2 cm³/mol. The normalized spacial score (nSPS) is 41.8. The molecule has 136 valence electrons. The second-order valence-corrected chi connectivity index (χ2v) is 8.17. The van der Waals surface area contributed by atoms with Crippen LogP contribution in [-0.4, -0.2) is 62.5 Å². The SMILES string of the molecule is CN=C(NCCOC1CCCCC1C)N1CC2C3CCC(O3)C2C1. The Labute approximate surface area is 146 Å². The average molecular weight is 335 g/mol. The van der Waals surface area contributed by atoms with E-state index in [1.165, 1.54) is 38.5 Å². The molecule has 5 heteroatoms. The fourth-order valence-electron chi connectivity index (χ4n) is 5.37. The van der Waals surface area contributed by atoms with E-state index in [-0.39, 0.29) is 0 Å². The summed E-state index contributed by atoms with van der Waals surface area (Å²) in [6.07, 6.45) is 9.26. The van der Waals surface area contributed by atoms with Gasteiger partial charge >= 0.3 is 0 Å². The van der Waals surface area contributed by atoms with Gasteiger partial charge in [0, 0.05) is 38.5 Å². The summed E-state index contributed by atoms with van der Waals surface area (Å²) in [7, 11) is 1.89. The van der Waals surface area contributed by atoms with Gasteiger partial charge in [-0.2, -0.15) is 0 Å². The summed E-state index contributed by atoms with van der Waals surface area (Å²) in [6.45, 7) is 6.17. The van der Waals surface area contributed by atoms with Gasteiger partial charge in [0.15, 0.2) is 5.96 Å². The Bertz CT molecular complexity index is 452. The van der Waals surface area contributed by atoms with Crippen molar-refractivity contribution >= 4 is 5.96 Å². The van der Waals surface area contributed by atoms with E-state index in [2.05, 4.69) is 22.1 Å². The van der Waals surface area contributed by atoms with Crippen LogP contribution >= 0.6 is 0 Å². The maximum atomic E-state index is 6.12. The smallest absolute Gasteiger partial charge is 0.193 e. The van der Waals surface area contributed by atoms with Crippen molar-refractivity contribution in [2.45, 2.75) is 63.8 Å². The van der Waals surface area contributed by atoms with Gasteiger partial charge in [-0.1, -0.05) is 19.8 Å². The number of nitrogens with one attached hydrogen (secondary N) is 1. The van der Waals surface area contributed by atoms with E-state index in [0.717, 1.165) is 44.0 Å². The molecular formula is C19H33N3O2. The Morgan fingerprint density at radius 1 is 1.12 bits per heavy atom. The van der Waals surface area contributed by atoms with Gasteiger partial charge in [-0.15, -0.1) is 0 Å².